The molecule has 1 aliphatic heterocycles. The summed E-state index contributed by atoms with van der Waals surface area (Å²) >= 11 is 6.20. The lowest BCUT2D eigenvalue weighted by Gasteiger charge is -2.23. The predicted octanol–water partition coefficient (Wildman–Crippen LogP) is 4.14. The molecular weight excluding hydrogens is 380 g/mol. The van der Waals surface area contributed by atoms with Crippen molar-refractivity contribution in [2.24, 2.45) is 5.10 Å². The summed E-state index contributed by atoms with van der Waals surface area (Å²) in [7, 11) is 2.98. The molecule has 3 aromatic carbocycles. The van der Waals surface area contributed by atoms with Gasteiger partial charge in [-0.05, 0) is 35.2 Å². The number of hydrazone groups is 1. The van der Waals surface area contributed by atoms with Crippen molar-refractivity contribution in [1.29, 1.82) is 0 Å². The first-order valence-electron chi connectivity index (χ1n) is 8.41. The van der Waals surface area contributed by atoms with Gasteiger partial charge in [-0.1, -0.05) is 35.9 Å². The van der Waals surface area contributed by atoms with E-state index >= 15 is 0 Å². The van der Waals surface area contributed by atoms with Crippen LogP contribution in [-0.4, -0.2) is 37.3 Å². The van der Waals surface area contributed by atoms with Crippen molar-refractivity contribution in [2.45, 2.75) is 0 Å². The van der Waals surface area contributed by atoms with Gasteiger partial charge in [0, 0.05) is 5.39 Å². The molecule has 0 aromatic heterocycles. The summed E-state index contributed by atoms with van der Waals surface area (Å²) < 4.78 is 10.5. The Kier molecular flexibility index (Phi) is 4.49. The van der Waals surface area contributed by atoms with E-state index in [1.54, 1.807) is 36.4 Å². The summed E-state index contributed by atoms with van der Waals surface area (Å²) in [6, 6.07) is 14.0. The minimum absolute atomic E-state index is 0.328. The number of hydrogen-bond donors (Lipinski definition) is 0. The molecule has 0 saturated carbocycles. The Hall–Kier alpha value is -3.38. The second-order valence-corrected chi connectivity index (χ2v) is 6.52. The van der Waals surface area contributed by atoms with Crippen molar-refractivity contribution in [3.8, 4) is 11.5 Å². The fourth-order valence-electron chi connectivity index (χ4n) is 3.26. The molecule has 0 aliphatic carbocycles. The fraction of sp³-hybridized carbons (Fsp3) is 0.0952. The lowest BCUT2D eigenvalue weighted by molar-refractivity contribution is 0.0616. The predicted molar refractivity (Wildman–Crippen MR) is 107 cm³/mol. The van der Waals surface area contributed by atoms with Crippen LogP contribution in [0.25, 0.3) is 10.8 Å². The van der Waals surface area contributed by atoms with Crippen LogP contribution in [0.1, 0.15) is 26.3 Å². The van der Waals surface area contributed by atoms with Crippen LogP contribution in [0.3, 0.4) is 0 Å². The van der Waals surface area contributed by atoms with Gasteiger partial charge in [0.2, 0.25) is 0 Å². The number of nitrogens with zero attached hydrogens (tertiary/aromatic N) is 2. The third-order valence-corrected chi connectivity index (χ3v) is 4.81. The quantitative estimate of drug-likeness (QED) is 0.492. The highest BCUT2D eigenvalue weighted by Crippen LogP contribution is 2.36. The summed E-state index contributed by atoms with van der Waals surface area (Å²) in [5.41, 5.74) is 1.44. The van der Waals surface area contributed by atoms with Gasteiger partial charge in [0.1, 0.15) is 0 Å². The van der Waals surface area contributed by atoms with Gasteiger partial charge < -0.3 is 9.47 Å². The highest BCUT2D eigenvalue weighted by Gasteiger charge is 2.32. The number of methoxy groups -OCH3 is 2. The maximum Gasteiger partial charge on any atom is 0.282 e. The largest absolute Gasteiger partial charge is 0.493 e. The van der Waals surface area contributed by atoms with Crippen LogP contribution in [0.2, 0.25) is 5.02 Å². The molecule has 4 rings (SSSR count). The molecule has 1 aliphatic rings. The van der Waals surface area contributed by atoms with Crippen LogP contribution in [0.15, 0.2) is 53.6 Å². The Labute approximate surface area is 165 Å². The third kappa shape index (κ3) is 2.78. The molecular formula is C21H15ClN2O4. The molecule has 0 N–H and O–H groups in total. The normalized spacial score (nSPS) is 13.5. The number of amides is 2. The van der Waals surface area contributed by atoms with Crippen molar-refractivity contribution in [3.63, 3.8) is 0 Å². The average molecular weight is 395 g/mol. The first kappa shape index (κ1) is 18.0. The van der Waals surface area contributed by atoms with Crippen LogP contribution in [0.4, 0.5) is 0 Å². The molecule has 0 spiro atoms. The maximum atomic E-state index is 12.8. The van der Waals surface area contributed by atoms with Crippen molar-refractivity contribution < 1.29 is 19.1 Å². The fourth-order valence-corrected chi connectivity index (χ4v) is 3.56. The average Bonchev–Trinajstić information content (AvgIpc) is 2.71. The molecule has 0 unspecified atom stereocenters. The number of carbonyl (C=O) groups excluding carboxylic acids is 2. The molecule has 0 fully saturated rings. The SMILES string of the molecule is COc1cc(/C=N\N2C(=O)c3cccc4cccc(c34)C2=O)cc(Cl)c1OC. The minimum atomic E-state index is -0.475. The van der Waals surface area contributed by atoms with E-state index in [0.29, 0.717) is 38.6 Å². The Morgan fingerprint density at radius 2 is 1.61 bits per heavy atom. The first-order chi connectivity index (χ1) is 13.5. The molecule has 0 radical (unpaired) electrons. The first-order valence-corrected chi connectivity index (χ1v) is 8.79. The number of halogens is 1. The van der Waals surface area contributed by atoms with Crippen LogP contribution in [-0.2, 0) is 0 Å². The molecule has 0 atom stereocenters. The molecule has 7 heteroatoms. The number of imide groups is 1. The van der Waals surface area contributed by atoms with Crippen molar-refractivity contribution in [1.82, 2.24) is 5.01 Å². The number of rotatable bonds is 4. The third-order valence-electron chi connectivity index (χ3n) is 4.53. The highest BCUT2D eigenvalue weighted by molar-refractivity contribution is 6.32. The van der Waals surface area contributed by atoms with Gasteiger partial charge in [0.05, 0.1) is 36.6 Å². The second-order valence-electron chi connectivity index (χ2n) is 6.11. The standard InChI is InChI=1S/C21H15ClN2O4/c1-27-17-10-12(9-16(22)19(17)28-2)11-23-24-20(25)14-7-3-5-13-6-4-8-15(18(13)14)21(24)26/h3-11H,1-2H3/b23-11-. The second kappa shape index (κ2) is 6.98. The lowest BCUT2D eigenvalue weighted by Crippen LogP contribution is -2.36. The summed E-state index contributed by atoms with van der Waals surface area (Å²) in [6.07, 6.45) is 1.39. The summed E-state index contributed by atoms with van der Waals surface area (Å²) in [6.45, 7) is 0. The topological polar surface area (TPSA) is 68.2 Å². The smallest absolute Gasteiger partial charge is 0.282 e. The zero-order valence-corrected chi connectivity index (χ0v) is 15.9. The van der Waals surface area contributed by atoms with Gasteiger partial charge in [-0.3, -0.25) is 9.59 Å². The summed E-state index contributed by atoms with van der Waals surface area (Å²) in [4.78, 5) is 25.7. The van der Waals surface area contributed by atoms with Gasteiger partial charge in [0.15, 0.2) is 11.5 Å². The zero-order chi connectivity index (χ0) is 19.8. The summed E-state index contributed by atoms with van der Waals surface area (Å²) in [5.74, 6) is -0.135. The van der Waals surface area contributed by atoms with E-state index in [4.69, 9.17) is 21.1 Å². The molecule has 2 amide bonds. The monoisotopic (exact) mass is 394 g/mol. The Balaban J connectivity index is 1.75. The van der Waals surface area contributed by atoms with Gasteiger partial charge >= 0.3 is 0 Å². The van der Waals surface area contributed by atoms with Gasteiger partial charge in [-0.25, -0.2) is 0 Å². The summed E-state index contributed by atoms with van der Waals surface area (Å²) in [5, 5.41) is 6.81. The van der Waals surface area contributed by atoms with Gasteiger partial charge in [0.25, 0.3) is 11.8 Å². The van der Waals surface area contributed by atoms with Crippen LogP contribution >= 0.6 is 11.6 Å². The maximum absolute atomic E-state index is 12.8. The van der Waals surface area contributed by atoms with E-state index in [2.05, 4.69) is 5.10 Å². The minimum Gasteiger partial charge on any atom is -0.493 e. The molecule has 0 bridgehead atoms. The number of carbonyl (C=O) groups is 2. The van der Waals surface area contributed by atoms with E-state index in [9.17, 15) is 9.59 Å². The van der Waals surface area contributed by atoms with E-state index in [-0.39, 0.29) is 0 Å². The number of benzene rings is 3. The van der Waals surface area contributed by atoms with Gasteiger partial charge in [-0.15, -0.1) is 0 Å². The van der Waals surface area contributed by atoms with E-state index in [0.717, 1.165) is 10.4 Å². The number of hydrogen-bond acceptors (Lipinski definition) is 5. The Morgan fingerprint density at radius 1 is 0.964 bits per heavy atom. The van der Waals surface area contributed by atoms with E-state index in [1.807, 2.05) is 12.1 Å². The zero-order valence-electron chi connectivity index (χ0n) is 15.1. The molecule has 3 aromatic rings. The molecule has 28 heavy (non-hydrogen) atoms. The van der Waals surface area contributed by atoms with Crippen LogP contribution < -0.4 is 9.47 Å². The number of ether oxygens (including phenoxy) is 2. The van der Waals surface area contributed by atoms with Crippen LogP contribution in [0.5, 0.6) is 11.5 Å². The van der Waals surface area contributed by atoms with Crippen molar-refractivity contribution >= 4 is 40.4 Å². The molecule has 140 valence electrons. The molecule has 6 nitrogen and oxygen atoms in total. The van der Waals surface area contributed by atoms with Crippen LogP contribution in [0, 0.1) is 0 Å². The Morgan fingerprint density at radius 3 is 2.18 bits per heavy atom. The Bertz CT molecular complexity index is 1110. The van der Waals surface area contributed by atoms with E-state index in [1.165, 1.54) is 20.4 Å². The molecule has 1 heterocycles. The lowest BCUT2D eigenvalue weighted by atomic mass is 9.95. The molecule has 0 saturated heterocycles. The van der Waals surface area contributed by atoms with E-state index < -0.39 is 11.8 Å². The van der Waals surface area contributed by atoms with Gasteiger partial charge in [-0.2, -0.15) is 10.1 Å². The highest BCUT2D eigenvalue weighted by atomic mass is 35.5. The van der Waals surface area contributed by atoms with Crippen molar-refractivity contribution in [3.05, 3.63) is 70.2 Å². The van der Waals surface area contributed by atoms with Crippen molar-refractivity contribution in [2.75, 3.05) is 14.2 Å².